The Balaban J connectivity index is 2.00. The highest BCUT2D eigenvalue weighted by Gasteiger charge is 2.80. The molecule has 2 saturated heterocycles. The molecule has 0 aromatic heterocycles. The highest BCUT2D eigenvalue weighted by atomic mass is 19.2. The molecule has 0 amide bonds. The fourth-order valence-corrected chi connectivity index (χ4v) is 4.84. The largest absolute Gasteiger partial charge is 0.447 e. The monoisotopic (exact) mass is 368 g/mol. The minimum Gasteiger partial charge on any atom is -0.447 e. The maximum Gasteiger partial charge on any atom is 0.217 e. The van der Waals surface area contributed by atoms with Gasteiger partial charge in [-0.05, 0) is 30.5 Å². The fourth-order valence-electron chi connectivity index (χ4n) is 4.84. The summed E-state index contributed by atoms with van der Waals surface area (Å²) in [6.45, 7) is 0. The van der Waals surface area contributed by atoms with Gasteiger partial charge in [-0.1, -0.05) is 12.5 Å². The van der Waals surface area contributed by atoms with Gasteiger partial charge in [0.2, 0.25) is 17.1 Å². The van der Waals surface area contributed by atoms with E-state index >= 15 is 0 Å². The van der Waals surface area contributed by atoms with Gasteiger partial charge in [-0.2, -0.15) is 15.8 Å². The molecular formula is C19H14F2N4O2. The van der Waals surface area contributed by atoms with E-state index in [2.05, 4.69) is 0 Å². The number of hydrogen-bond donors (Lipinski definition) is 1. The van der Waals surface area contributed by atoms with E-state index in [1.807, 2.05) is 18.2 Å². The van der Waals surface area contributed by atoms with E-state index in [4.69, 9.17) is 14.9 Å². The van der Waals surface area contributed by atoms with Crippen molar-refractivity contribution in [2.45, 2.75) is 37.6 Å². The Morgan fingerprint density at radius 3 is 2.44 bits per heavy atom. The summed E-state index contributed by atoms with van der Waals surface area (Å²) in [6, 6.07) is 8.76. The van der Waals surface area contributed by atoms with E-state index in [1.54, 1.807) is 0 Å². The van der Waals surface area contributed by atoms with Gasteiger partial charge < -0.3 is 9.47 Å². The van der Waals surface area contributed by atoms with Gasteiger partial charge in [0, 0.05) is 6.42 Å². The number of nitrogens with one attached hydrogen (secondary N) is 1. The first-order valence-electron chi connectivity index (χ1n) is 8.55. The lowest BCUT2D eigenvalue weighted by atomic mass is 9.51. The van der Waals surface area contributed by atoms with Crippen LogP contribution in [0, 0.1) is 67.8 Å². The van der Waals surface area contributed by atoms with Crippen LogP contribution >= 0.6 is 0 Å². The van der Waals surface area contributed by atoms with E-state index < -0.39 is 46.2 Å². The molecule has 136 valence electrons. The summed E-state index contributed by atoms with van der Waals surface area (Å²) in [5.74, 6) is -4.68. The Bertz CT molecular complexity index is 961. The van der Waals surface area contributed by atoms with Gasteiger partial charge >= 0.3 is 0 Å². The second-order valence-electron chi connectivity index (χ2n) is 7.16. The third-order valence-corrected chi connectivity index (χ3v) is 6.06. The molecule has 3 fully saturated rings. The zero-order chi connectivity index (χ0) is 19.4. The summed E-state index contributed by atoms with van der Waals surface area (Å²) < 4.78 is 39.1. The van der Waals surface area contributed by atoms with Gasteiger partial charge in [0.1, 0.15) is 6.10 Å². The van der Waals surface area contributed by atoms with Crippen LogP contribution in [0.1, 0.15) is 37.4 Å². The molecule has 0 radical (unpaired) electrons. The van der Waals surface area contributed by atoms with Crippen molar-refractivity contribution < 1.29 is 18.3 Å². The van der Waals surface area contributed by atoms with Crippen molar-refractivity contribution in [3.63, 3.8) is 0 Å². The summed E-state index contributed by atoms with van der Waals surface area (Å²) in [4.78, 5) is 0. The van der Waals surface area contributed by atoms with Crippen molar-refractivity contribution in [1.82, 2.24) is 0 Å². The van der Waals surface area contributed by atoms with Crippen LogP contribution in [0.15, 0.2) is 18.2 Å². The van der Waals surface area contributed by atoms with Crippen molar-refractivity contribution >= 4 is 5.90 Å². The van der Waals surface area contributed by atoms with Crippen LogP contribution in [0.25, 0.3) is 0 Å². The van der Waals surface area contributed by atoms with Crippen LogP contribution in [-0.2, 0) is 9.47 Å². The van der Waals surface area contributed by atoms with Gasteiger partial charge in [0.25, 0.3) is 0 Å². The average Bonchev–Trinajstić information content (AvgIpc) is 2.89. The summed E-state index contributed by atoms with van der Waals surface area (Å²) in [5.41, 5.74) is -3.92. The van der Waals surface area contributed by atoms with Crippen molar-refractivity contribution in [3.05, 3.63) is 35.4 Å². The normalized spacial score (nSPS) is 35.9. The molecule has 2 aliphatic heterocycles. The Kier molecular flexibility index (Phi) is 3.54. The highest BCUT2D eigenvalue weighted by molar-refractivity contribution is 5.89. The van der Waals surface area contributed by atoms with Gasteiger partial charge in [-0.25, -0.2) is 8.78 Å². The van der Waals surface area contributed by atoms with Crippen molar-refractivity contribution in [2.75, 3.05) is 0 Å². The Labute approximate surface area is 154 Å². The molecule has 6 nitrogen and oxygen atoms in total. The number of nitriles is 3. The van der Waals surface area contributed by atoms with Crippen LogP contribution in [0.2, 0.25) is 0 Å². The number of hydrogen-bond acceptors (Lipinski definition) is 6. The van der Waals surface area contributed by atoms with Crippen LogP contribution in [-0.4, -0.2) is 11.7 Å². The van der Waals surface area contributed by atoms with Crippen LogP contribution < -0.4 is 0 Å². The molecule has 1 aromatic rings. The average molecular weight is 368 g/mol. The lowest BCUT2D eigenvalue weighted by molar-refractivity contribution is -0.294. The molecule has 27 heavy (non-hydrogen) atoms. The molecular weight excluding hydrogens is 354 g/mol. The number of ether oxygens (including phenoxy) is 2. The molecule has 1 aliphatic carbocycles. The first kappa shape index (κ1) is 17.4. The van der Waals surface area contributed by atoms with Gasteiger partial charge in [0.05, 0.1) is 24.1 Å². The SMILES string of the molecule is N#CC1(C#N)C(c2ccc(F)c(F)c2)OC23CCCCC2C1(C#N)C(=N)O3. The van der Waals surface area contributed by atoms with Crippen LogP contribution in [0.4, 0.5) is 8.78 Å². The minimum absolute atomic E-state index is 0.0540. The lowest BCUT2D eigenvalue weighted by Crippen LogP contribution is -2.60. The molecule has 4 atom stereocenters. The van der Waals surface area contributed by atoms with Crippen molar-refractivity contribution in [1.29, 1.82) is 21.2 Å². The molecule has 4 rings (SSSR count). The second-order valence-corrected chi connectivity index (χ2v) is 7.16. The quantitative estimate of drug-likeness (QED) is 0.815. The van der Waals surface area contributed by atoms with Crippen molar-refractivity contribution in [2.24, 2.45) is 16.7 Å². The smallest absolute Gasteiger partial charge is 0.217 e. The van der Waals surface area contributed by atoms with Crippen LogP contribution in [0.5, 0.6) is 0 Å². The molecule has 1 saturated carbocycles. The molecule has 8 heteroatoms. The molecule has 1 N–H and O–H groups in total. The van der Waals surface area contributed by atoms with Crippen molar-refractivity contribution in [3.8, 4) is 18.2 Å². The number of halogens is 2. The van der Waals surface area contributed by atoms with Gasteiger partial charge in [-0.3, -0.25) is 5.41 Å². The third kappa shape index (κ3) is 1.85. The minimum atomic E-state index is -2.13. The Hall–Kier alpha value is -3.02. The summed E-state index contributed by atoms with van der Waals surface area (Å²) in [5, 5.41) is 38.4. The Morgan fingerprint density at radius 1 is 1.07 bits per heavy atom. The molecule has 4 unspecified atom stereocenters. The fraction of sp³-hybridized carbons (Fsp3) is 0.474. The number of rotatable bonds is 1. The van der Waals surface area contributed by atoms with E-state index in [9.17, 15) is 24.6 Å². The van der Waals surface area contributed by atoms with E-state index in [-0.39, 0.29) is 5.56 Å². The molecule has 1 aromatic carbocycles. The summed E-state index contributed by atoms with van der Waals surface area (Å²) >= 11 is 0. The summed E-state index contributed by atoms with van der Waals surface area (Å²) in [7, 11) is 0. The predicted molar refractivity (Wildman–Crippen MR) is 85.4 cm³/mol. The lowest BCUT2D eigenvalue weighted by Gasteiger charge is -2.51. The molecule has 2 bridgehead atoms. The zero-order valence-electron chi connectivity index (χ0n) is 14.1. The first-order chi connectivity index (χ1) is 12.9. The standard InChI is InChI=1S/C19H14F2N4O2/c20-12-5-4-11(7-13(12)21)15-17(8-22,9-23)18(10-24)14-3-1-2-6-19(14,26-15)27-16(18)25/h4-5,7,14-15,25H,1-3,6H2. The maximum atomic E-state index is 13.9. The zero-order valence-corrected chi connectivity index (χ0v) is 14.1. The number of nitrogens with zero attached hydrogens (tertiary/aromatic N) is 3. The predicted octanol–water partition coefficient (Wildman–Crippen LogP) is 3.47. The van der Waals surface area contributed by atoms with Crippen LogP contribution in [0.3, 0.4) is 0 Å². The third-order valence-electron chi connectivity index (χ3n) is 6.06. The van der Waals surface area contributed by atoms with Gasteiger partial charge in [-0.15, -0.1) is 0 Å². The van der Waals surface area contributed by atoms with E-state index in [0.29, 0.717) is 12.8 Å². The molecule has 2 heterocycles. The maximum absolute atomic E-state index is 13.9. The molecule has 3 aliphatic rings. The Morgan fingerprint density at radius 2 is 1.81 bits per heavy atom. The highest BCUT2D eigenvalue weighted by Crippen LogP contribution is 2.69. The second kappa shape index (κ2) is 5.49. The molecule has 0 spiro atoms. The topological polar surface area (TPSA) is 114 Å². The first-order valence-corrected chi connectivity index (χ1v) is 8.55. The van der Waals surface area contributed by atoms with E-state index in [1.165, 1.54) is 6.07 Å². The van der Waals surface area contributed by atoms with E-state index in [0.717, 1.165) is 25.0 Å². The van der Waals surface area contributed by atoms with Gasteiger partial charge in [0.15, 0.2) is 17.0 Å². The summed E-state index contributed by atoms with van der Waals surface area (Å²) in [6.07, 6.45) is 0.960. The number of benzene rings is 1.